The van der Waals surface area contributed by atoms with Crippen LogP contribution < -0.4 is 16.4 Å². The van der Waals surface area contributed by atoms with E-state index in [4.69, 9.17) is 5.73 Å². The highest BCUT2D eigenvalue weighted by molar-refractivity contribution is 5.93. The molecule has 4 N–H and O–H groups in total. The number of nitrogens with zero attached hydrogens (tertiary/aromatic N) is 2. The van der Waals surface area contributed by atoms with Crippen molar-refractivity contribution in [1.29, 1.82) is 0 Å². The highest BCUT2D eigenvalue weighted by atomic mass is 16.2. The second-order valence-electron chi connectivity index (χ2n) is 7.49. The summed E-state index contributed by atoms with van der Waals surface area (Å²) in [6.07, 6.45) is 5.37. The molecule has 27 heavy (non-hydrogen) atoms. The summed E-state index contributed by atoms with van der Waals surface area (Å²) in [5, 5.41) is 10.8. The van der Waals surface area contributed by atoms with Gasteiger partial charge in [-0.2, -0.15) is 5.10 Å². The van der Waals surface area contributed by atoms with Crippen LogP contribution in [-0.4, -0.2) is 34.2 Å². The number of rotatable bonds is 7. The molecule has 0 unspecified atom stereocenters. The van der Waals surface area contributed by atoms with E-state index in [0.29, 0.717) is 24.1 Å². The maximum atomic E-state index is 12.7. The molecule has 1 saturated carbocycles. The van der Waals surface area contributed by atoms with Gasteiger partial charge >= 0.3 is 0 Å². The third kappa shape index (κ3) is 4.03. The molecule has 0 radical (unpaired) electrons. The molecule has 2 atom stereocenters. The maximum Gasteiger partial charge on any atom is 0.252 e. The second kappa shape index (κ2) is 7.52. The van der Waals surface area contributed by atoms with E-state index in [1.54, 1.807) is 6.20 Å². The smallest absolute Gasteiger partial charge is 0.252 e. The fourth-order valence-corrected chi connectivity index (χ4v) is 3.68. The van der Waals surface area contributed by atoms with Crippen molar-refractivity contribution in [1.82, 2.24) is 20.4 Å². The van der Waals surface area contributed by atoms with Gasteiger partial charge in [0.15, 0.2) is 0 Å². The molecular formula is C20H25N5O2. The number of nitrogens with two attached hydrogens (primary N) is 1. The first kappa shape index (κ1) is 17.7. The Morgan fingerprint density at radius 1 is 1.22 bits per heavy atom. The molecule has 1 aromatic carbocycles. The summed E-state index contributed by atoms with van der Waals surface area (Å²) in [4.78, 5) is 24.3. The lowest BCUT2D eigenvalue weighted by atomic mass is 9.93. The average Bonchev–Trinajstić information content (AvgIpc) is 3.38. The van der Waals surface area contributed by atoms with Gasteiger partial charge in [-0.05, 0) is 43.7 Å². The van der Waals surface area contributed by atoms with Gasteiger partial charge in [0.2, 0.25) is 5.91 Å². The fourth-order valence-electron chi connectivity index (χ4n) is 3.68. The average molecular weight is 367 g/mol. The number of benzene rings is 1. The predicted octanol–water partition coefficient (Wildman–Crippen LogP) is 1.15. The Balaban J connectivity index is 1.43. The summed E-state index contributed by atoms with van der Waals surface area (Å²) in [5.41, 5.74) is 7.83. The van der Waals surface area contributed by atoms with Crippen LogP contribution in [0.5, 0.6) is 0 Å². The standard InChI is InChI=1S/C20H25N5O2/c21-19(26)16-12-23-25-9-8-13(10-17(16)25)11-22-18(14-4-2-1-3-5-14)20(27)24-15-6-7-15/h1-5,12-13,15,18,22H,6-11H2,(H2,21,26)(H,24,27)/t13-,18+/m0/s1. The third-order valence-electron chi connectivity index (χ3n) is 5.37. The minimum absolute atomic E-state index is 0.0300. The van der Waals surface area contributed by atoms with Gasteiger partial charge < -0.3 is 16.4 Å². The summed E-state index contributed by atoms with van der Waals surface area (Å²) in [6, 6.07) is 9.77. The van der Waals surface area contributed by atoms with E-state index in [2.05, 4.69) is 15.7 Å². The number of fused-ring (bicyclic) bond motifs is 1. The normalized spacial score (nSPS) is 19.9. The van der Waals surface area contributed by atoms with Crippen LogP contribution in [0.25, 0.3) is 0 Å². The Hall–Kier alpha value is -2.67. The molecule has 1 fully saturated rings. The summed E-state index contributed by atoms with van der Waals surface area (Å²) >= 11 is 0. The van der Waals surface area contributed by atoms with E-state index >= 15 is 0 Å². The Bertz CT molecular complexity index is 828. The molecule has 1 aliphatic carbocycles. The van der Waals surface area contributed by atoms with E-state index in [1.807, 2.05) is 35.0 Å². The molecule has 1 aromatic heterocycles. The van der Waals surface area contributed by atoms with Crippen LogP contribution in [0.3, 0.4) is 0 Å². The number of carbonyl (C=O) groups excluding carboxylic acids is 2. The van der Waals surface area contributed by atoms with Crippen LogP contribution in [-0.2, 0) is 17.8 Å². The van der Waals surface area contributed by atoms with Crippen molar-refractivity contribution in [3.8, 4) is 0 Å². The number of aryl methyl sites for hydroxylation is 1. The van der Waals surface area contributed by atoms with Crippen LogP contribution in [0.1, 0.15) is 46.9 Å². The van der Waals surface area contributed by atoms with Crippen molar-refractivity contribution >= 4 is 11.8 Å². The molecular weight excluding hydrogens is 342 g/mol. The number of aromatic nitrogens is 2. The first-order valence-electron chi connectivity index (χ1n) is 9.55. The van der Waals surface area contributed by atoms with Crippen molar-refractivity contribution < 1.29 is 9.59 Å². The molecule has 2 amide bonds. The van der Waals surface area contributed by atoms with Crippen LogP contribution in [0.2, 0.25) is 0 Å². The molecule has 4 rings (SSSR count). The van der Waals surface area contributed by atoms with E-state index < -0.39 is 5.91 Å². The monoisotopic (exact) mass is 367 g/mol. The van der Waals surface area contributed by atoms with Crippen molar-refractivity contribution in [2.45, 2.75) is 44.3 Å². The maximum absolute atomic E-state index is 12.7. The zero-order chi connectivity index (χ0) is 18.8. The van der Waals surface area contributed by atoms with Crippen LogP contribution in [0.4, 0.5) is 0 Å². The summed E-state index contributed by atoms with van der Waals surface area (Å²) in [6.45, 7) is 1.46. The van der Waals surface area contributed by atoms with Crippen LogP contribution in [0, 0.1) is 5.92 Å². The van der Waals surface area contributed by atoms with E-state index in [1.165, 1.54) is 0 Å². The highest BCUT2D eigenvalue weighted by Gasteiger charge is 2.30. The minimum atomic E-state index is -0.434. The van der Waals surface area contributed by atoms with Crippen LogP contribution in [0.15, 0.2) is 36.5 Å². The van der Waals surface area contributed by atoms with Gasteiger partial charge in [-0.1, -0.05) is 30.3 Å². The summed E-state index contributed by atoms with van der Waals surface area (Å²) in [7, 11) is 0. The van der Waals surface area contributed by atoms with E-state index in [-0.39, 0.29) is 11.9 Å². The molecule has 7 nitrogen and oxygen atoms in total. The number of primary amides is 1. The lowest BCUT2D eigenvalue weighted by molar-refractivity contribution is -0.123. The van der Waals surface area contributed by atoms with Crippen molar-refractivity contribution in [3.05, 3.63) is 53.3 Å². The number of amides is 2. The van der Waals surface area contributed by atoms with Gasteiger partial charge in [-0.15, -0.1) is 0 Å². The Kier molecular flexibility index (Phi) is 4.94. The predicted molar refractivity (Wildman–Crippen MR) is 101 cm³/mol. The SMILES string of the molecule is NC(=O)c1cnn2c1C[C@@H](CN[C@@H](C(=O)NC1CC1)c1ccccc1)CC2. The number of nitrogens with one attached hydrogen (secondary N) is 2. The van der Waals surface area contributed by atoms with Crippen molar-refractivity contribution in [3.63, 3.8) is 0 Å². The van der Waals surface area contributed by atoms with Gasteiger partial charge in [0.05, 0.1) is 17.5 Å². The minimum Gasteiger partial charge on any atom is -0.365 e. The first-order chi connectivity index (χ1) is 13.1. The zero-order valence-electron chi connectivity index (χ0n) is 15.2. The van der Waals surface area contributed by atoms with E-state index in [0.717, 1.165) is 43.5 Å². The zero-order valence-corrected chi connectivity index (χ0v) is 15.2. The van der Waals surface area contributed by atoms with Crippen LogP contribution >= 0.6 is 0 Å². The molecule has 0 bridgehead atoms. The topological polar surface area (TPSA) is 102 Å². The molecule has 0 spiro atoms. The largest absolute Gasteiger partial charge is 0.365 e. The number of hydrogen-bond acceptors (Lipinski definition) is 4. The number of hydrogen-bond donors (Lipinski definition) is 3. The second-order valence-corrected chi connectivity index (χ2v) is 7.49. The molecule has 2 aliphatic rings. The van der Waals surface area contributed by atoms with Gasteiger partial charge in [-0.3, -0.25) is 14.3 Å². The first-order valence-corrected chi connectivity index (χ1v) is 9.55. The van der Waals surface area contributed by atoms with Gasteiger partial charge in [-0.25, -0.2) is 0 Å². The van der Waals surface area contributed by atoms with Gasteiger partial charge in [0, 0.05) is 12.6 Å². The van der Waals surface area contributed by atoms with Gasteiger partial charge in [0.1, 0.15) is 6.04 Å². The molecule has 142 valence electrons. The Morgan fingerprint density at radius 3 is 2.70 bits per heavy atom. The Morgan fingerprint density at radius 2 is 2.00 bits per heavy atom. The van der Waals surface area contributed by atoms with Gasteiger partial charge in [0.25, 0.3) is 5.91 Å². The fraction of sp³-hybridized carbons (Fsp3) is 0.450. The molecule has 1 aliphatic heterocycles. The molecule has 2 aromatic rings. The summed E-state index contributed by atoms with van der Waals surface area (Å²) < 4.78 is 1.87. The number of carbonyl (C=O) groups is 2. The lowest BCUT2D eigenvalue weighted by Crippen LogP contribution is -2.41. The summed E-state index contributed by atoms with van der Waals surface area (Å²) in [5.74, 6) is -0.0783. The molecule has 0 saturated heterocycles. The quantitative estimate of drug-likeness (QED) is 0.683. The van der Waals surface area contributed by atoms with E-state index in [9.17, 15) is 9.59 Å². The van der Waals surface area contributed by atoms with Crippen molar-refractivity contribution in [2.24, 2.45) is 11.7 Å². The molecule has 7 heteroatoms. The third-order valence-corrected chi connectivity index (χ3v) is 5.37. The lowest BCUT2D eigenvalue weighted by Gasteiger charge is -2.27. The highest BCUT2D eigenvalue weighted by Crippen LogP contribution is 2.24. The Labute approximate surface area is 158 Å². The molecule has 2 heterocycles. The van der Waals surface area contributed by atoms with Crippen molar-refractivity contribution in [2.75, 3.05) is 6.54 Å².